The number of hydrogen-bond acceptors (Lipinski definition) is 5. The molecule has 17 heavy (non-hydrogen) atoms. The van der Waals surface area contributed by atoms with E-state index < -0.39 is 0 Å². The van der Waals surface area contributed by atoms with Gasteiger partial charge in [0.1, 0.15) is 5.82 Å². The number of pyridine rings is 1. The minimum atomic E-state index is 0.421. The lowest BCUT2D eigenvalue weighted by molar-refractivity contribution is 0.734. The highest BCUT2D eigenvalue weighted by atomic mass is 32.2. The molecule has 90 valence electrons. The Bertz CT molecular complexity index is 468. The molecule has 2 aromatic rings. The molecule has 0 amide bonds. The minimum Gasteiger partial charge on any atom is -0.324 e. The lowest BCUT2D eigenvalue weighted by Crippen LogP contribution is -2.05. The highest BCUT2D eigenvalue weighted by Gasteiger charge is 2.07. The second-order valence-electron chi connectivity index (χ2n) is 3.58. The molecule has 2 N–H and O–H groups in total. The Hall–Kier alpha value is -1.40. The van der Waals surface area contributed by atoms with Crippen molar-refractivity contribution in [1.29, 1.82) is 0 Å². The largest absolute Gasteiger partial charge is 0.324 e. The Kier molecular flexibility index (Phi) is 4.11. The fourth-order valence-corrected chi connectivity index (χ4v) is 2.33. The number of aromatic nitrogens is 4. The second kappa shape index (κ2) is 5.79. The fraction of sp³-hybridized carbons (Fsp3) is 0.364. The number of hydrogen-bond donors (Lipinski definition) is 1. The van der Waals surface area contributed by atoms with Crippen molar-refractivity contribution in [3.05, 3.63) is 35.9 Å². The molecule has 0 spiro atoms. The van der Waals surface area contributed by atoms with Gasteiger partial charge in [-0.05, 0) is 18.6 Å². The summed E-state index contributed by atoms with van der Waals surface area (Å²) < 4.78 is 1.93. The molecule has 0 saturated carbocycles. The van der Waals surface area contributed by atoms with Gasteiger partial charge in [0.25, 0.3) is 0 Å². The van der Waals surface area contributed by atoms with Crippen LogP contribution in [0.15, 0.2) is 29.6 Å². The lowest BCUT2D eigenvalue weighted by Gasteiger charge is -2.02. The van der Waals surface area contributed by atoms with E-state index in [9.17, 15) is 0 Å². The van der Waals surface area contributed by atoms with E-state index in [1.807, 2.05) is 36.0 Å². The summed E-state index contributed by atoms with van der Waals surface area (Å²) in [6, 6.07) is 5.96. The van der Waals surface area contributed by atoms with Gasteiger partial charge in [0.15, 0.2) is 5.16 Å². The molecule has 2 rings (SSSR count). The molecule has 0 atom stereocenters. The number of nitrogens with zero attached hydrogens (tertiary/aromatic N) is 4. The highest BCUT2D eigenvalue weighted by Crippen LogP contribution is 2.16. The van der Waals surface area contributed by atoms with Crippen molar-refractivity contribution in [2.75, 3.05) is 5.75 Å². The molecule has 0 unspecified atom stereocenters. The topological polar surface area (TPSA) is 69.6 Å². The van der Waals surface area contributed by atoms with Gasteiger partial charge in [0.05, 0.1) is 6.54 Å². The van der Waals surface area contributed by atoms with Gasteiger partial charge in [-0.15, -0.1) is 10.2 Å². The molecule has 6 heteroatoms. The van der Waals surface area contributed by atoms with E-state index in [-0.39, 0.29) is 0 Å². The van der Waals surface area contributed by atoms with Crippen molar-refractivity contribution in [2.24, 2.45) is 12.8 Å². The third kappa shape index (κ3) is 3.04. The average Bonchev–Trinajstić information content (AvgIpc) is 2.72. The molecule has 0 fully saturated rings. The average molecular weight is 249 g/mol. The van der Waals surface area contributed by atoms with Crippen molar-refractivity contribution in [3.8, 4) is 0 Å². The van der Waals surface area contributed by atoms with Gasteiger partial charge in [-0.2, -0.15) is 0 Å². The zero-order valence-electron chi connectivity index (χ0n) is 9.71. The second-order valence-corrected chi connectivity index (χ2v) is 4.64. The van der Waals surface area contributed by atoms with Crippen molar-refractivity contribution in [2.45, 2.75) is 18.1 Å². The highest BCUT2D eigenvalue weighted by molar-refractivity contribution is 7.99. The molecule has 0 aromatic carbocycles. The molecule has 0 aliphatic rings. The van der Waals surface area contributed by atoms with E-state index in [2.05, 4.69) is 15.2 Å². The summed E-state index contributed by atoms with van der Waals surface area (Å²) in [7, 11) is 1.94. The van der Waals surface area contributed by atoms with Crippen LogP contribution in [0.1, 0.15) is 11.5 Å². The predicted octanol–water partition coefficient (Wildman–Crippen LogP) is 1.00. The molecule has 0 aliphatic heterocycles. The number of rotatable bonds is 5. The molecule has 0 aliphatic carbocycles. The van der Waals surface area contributed by atoms with Gasteiger partial charge in [0, 0.05) is 24.7 Å². The number of nitrogens with two attached hydrogens (primary N) is 1. The van der Waals surface area contributed by atoms with Gasteiger partial charge in [-0.1, -0.05) is 17.8 Å². The minimum absolute atomic E-state index is 0.421. The molecule has 0 bridgehead atoms. The Morgan fingerprint density at radius 3 is 2.88 bits per heavy atom. The van der Waals surface area contributed by atoms with Crippen LogP contribution in [0.25, 0.3) is 0 Å². The lowest BCUT2D eigenvalue weighted by atomic mass is 10.3. The smallest absolute Gasteiger partial charge is 0.190 e. The molecule has 0 radical (unpaired) electrons. The van der Waals surface area contributed by atoms with Gasteiger partial charge in [-0.25, -0.2) is 0 Å². The van der Waals surface area contributed by atoms with Crippen LogP contribution in [0.2, 0.25) is 0 Å². The summed E-state index contributed by atoms with van der Waals surface area (Å²) in [5.74, 6) is 1.75. The summed E-state index contributed by atoms with van der Waals surface area (Å²) in [6.07, 6.45) is 2.74. The van der Waals surface area contributed by atoms with Crippen LogP contribution in [-0.2, 0) is 20.0 Å². The van der Waals surface area contributed by atoms with Crippen molar-refractivity contribution in [1.82, 2.24) is 19.7 Å². The van der Waals surface area contributed by atoms with Crippen LogP contribution in [-0.4, -0.2) is 25.5 Å². The van der Waals surface area contributed by atoms with Crippen molar-refractivity contribution >= 4 is 11.8 Å². The fourth-order valence-electron chi connectivity index (χ4n) is 1.44. The molecular weight excluding hydrogens is 234 g/mol. The van der Waals surface area contributed by atoms with E-state index in [4.69, 9.17) is 5.73 Å². The van der Waals surface area contributed by atoms with Crippen LogP contribution in [0.4, 0.5) is 0 Å². The van der Waals surface area contributed by atoms with Gasteiger partial charge in [0.2, 0.25) is 0 Å². The number of aryl methyl sites for hydroxylation is 1. The van der Waals surface area contributed by atoms with Crippen LogP contribution < -0.4 is 5.73 Å². The SMILES string of the molecule is Cn1c(CN)nnc1SCCc1ccccn1. The molecule has 2 aromatic heterocycles. The first-order valence-electron chi connectivity index (χ1n) is 5.42. The third-order valence-corrected chi connectivity index (χ3v) is 3.45. The van der Waals surface area contributed by atoms with Crippen molar-refractivity contribution in [3.63, 3.8) is 0 Å². The summed E-state index contributed by atoms with van der Waals surface area (Å²) in [5.41, 5.74) is 6.64. The van der Waals surface area contributed by atoms with Gasteiger partial charge < -0.3 is 10.3 Å². The van der Waals surface area contributed by atoms with E-state index >= 15 is 0 Å². The first-order valence-corrected chi connectivity index (χ1v) is 6.41. The summed E-state index contributed by atoms with van der Waals surface area (Å²) in [5, 5.41) is 9.01. The molecule has 0 saturated heterocycles. The van der Waals surface area contributed by atoms with E-state index in [0.29, 0.717) is 6.54 Å². The van der Waals surface area contributed by atoms with Crippen LogP contribution >= 0.6 is 11.8 Å². The van der Waals surface area contributed by atoms with Crippen molar-refractivity contribution < 1.29 is 0 Å². The quantitative estimate of drug-likeness (QED) is 0.801. The van der Waals surface area contributed by atoms with Crippen LogP contribution in [0.5, 0.6) is 0 Å². The summed E-state index contributed by atoms with van der Waals surface area (Å²) in [6.45, 7) is 0.421. The summed E-state index contributed by atoms with van der Waals surface area (Å²) in [4.78, 5) is 4.28. The van der Waals surface area contributed by atoms with E-state index in [1.165, 1.54) is 0 Å². The van der Waals surface area contributed by atoms with Crippen LogP contribution in [0, 0.1) is 0 Å². The summed E-state index contributed by atoms with van der Waals surface area (Å²) >= 11 is 1.67. The standard InChI is InChI=1S/C11H15N5S/c1-16-10(8-12)14-15-11(16)17-7-5-9-4-2-3-6-13-9/h2-4,6H,5,7-8,12H2,1H3. The molecule has 5 nitrogen and oxygen atoms in total. The zero-order valence-corrected chi connectivity index (χ0v) is 10.5. The maximum Gasteiger partial charge on any atom is 0.190 e. The maximum absolute atomic E-state index is 5.54. The van der Waals surface area contributed by atoms with E-state index in [0.717, 1.165) is 28.8 Å². The first kappa shape index (κ1) is 12.1. The monoisotopic (exact) mass is 249 g/mol. The van der Waals surface area contributed by atoms with Crippen LogP contribution in [0.3, 0.4) is 0 Å². The molecular formula is C11H15N5S. The van der Waals surface area contributed by atoms with Gasteiger partial charge >= 0.3 is 0 Å². The third-order valence-electron chi connectivity index (χ3n) is 2.42. The maximum atomic E-state index is 5.54. The normalized spacial score (nSPS) is 10.7. The Morgan fingerprint density at radius 2 is 2.24 bits per heavy atom. The first-order chi connectivity index (χ1) is 8.31. The van der Waals surface area contributed by atoms with Gasteiger partial charge in [-0.3, -0.25) is 4.98 Å². The molecule has 2 heterocycles. The Balaban J connectivity index is 1.88. The Labute approximate surface area is 104 Å². The zero-order chi connectivity index (χ0) is 12.1. The number of thioether (sulfide) groups is 1. The predicted molar refractivity (Wildman–Crippen MR) is 67.6 cm³/mol. The Morgan fingerprint density at radius 1 is 1.35 bits per heavy atom. The van der Waals surface area contributed by atoms with E-state index in [1.54, 1.807) is 11.8 Å².